The van der Waals surface area contributed by atoms with Crippen molar-refractivity contribution in [3.8, 4) is 0 Å². The van der Waals surface area contributed by atoms with E-state index < -0.39 is 15.8 Å². The highest BCUT2D eigenvalue weighted by molar-refractivity contribution is 7.92. The van der Waals surface area contributed by atoms with Gasteiger partial charge in [0.2, 0.25) is 0 Å². The number of hydrogen-bond donors (Lipinski definition) is 1. The normalized spacial score (nSPS) is 11.3. The van der Waals surface area contributed by atoms with Gasteiger partial charge >= 0.3 is 0 Å². The van der Waals surface area contributed by atoms with Gasteiger partial charge in [-0.25, -0.2) is 12.8 Å². The molecule has 0 amide bonds. The number of nitrogens with one attached hydrogen (secondary N) is 1. The number of sulfonamides is 1. The van der Waals surface area contributed by atoms with Crippen LogP contribution in [0.15, 0.2) is 41.6 Å². The zero-order valence-electron chi connectivity index (χ0n) is 9.89. The highest BCUT2D eigenvalue weighted by Gasteiger charge is 2.19. The molecule has 0 radical (unpaired) electrons. The molecule has 0 atom stereocenters. The third-order valence-corrected chi connectivity index (χ3v) is 4.30. The van der Waals surface area contributed by atoms with E-state index in [1.807, 2.05) is 0 Å². The lowest BCUT2D eigenvalue weighted by atomic mass is 10.2. The van der Waals surface area contributed by atoms with Crippen LogP contribution in [0, 0.1) is 12.7 Å². The zero-order chi connectivity index (χ0) is 14.0. The lowest BCUT2D eigenvalue weighted by Gasteiger charge is -2.11. The monoisotopic (exact) mass is 300 g/mol. The van der Waals surface area contributed by atoms with E-state index in [-0.39, 0.29) is 15.6 Å². The third-order valence-electron chi connectivity index (χ3n) is 2.47. The summed E-state index contributed by atoms with van der Waals surface area (Å²) in [6.45, 7) is 1.67. The smallest absolute Gasteiger partial charge is 0.264 e. The third kappa shape index (κ3) is 3.02. The fourth-order valence-corrected chi connectivity index (χ4v) is 3.02. The van der Waals surface area contributed by atoms with E-state index in [2.05, 4.69) is 9.71 Å². The minimum Gasteiger partial charge on any atom is -0.279 e. The number of benzene rings is 1. The molecule has 1 aromatic carbocycles. The maximum absolute atomic E-state index is 13.1. The van der Waals surface area contributed by atoms with Crippen LogP contribution in [0.1, 0.15) is 5.56 Å². The molecule has 0 saturated heterocycles. The Morgan fingerprint density at radius 1 is 1.32 bits per heavy atom. The van der Waals surface area contributed by atoms with Crippen LogP contribution in [0.25, 0.3) is 0 Å². The Morgan fingerprint density at radius 2 is 2.05 bits per heavy atom. The topological polar surface area (TPSA) is 59.1 Å². The summed E-state index contributed by atoms with van der Waals surface area (Å²) in [4.78, 5) is 3.56. The van der Waals surface area contributed by atoms with Crippen LogP contribution in [-0.4, -0.2) is 13.4 Å². The number of anilines is 1. The molecule has 0 fully saturated rings. The molecule has 0 saturated carbocycles. The van der Waals surface area contributed by atoms with Gasteiger partial charge in [-0.2, -0.15) is 0 Å². The van der Waals surface area contributed by atoms with Gasteiger partial charge < -0.3 is 0 Å². The summed E-state index contributed by atoms with van der Waals surface area (Å²) in [7, 11) is -3.89. The standard InChI is InChI=1S/C12H10ClFN2O2S/c1-8-2-3-9(14)6-11(8)16-19(17,18)12-7-15-5-4-10(12)13/h2-7,16H,1H3. The summed E-state index contributed by atoms with van der Waals surface area (Å²) < 4.78 is 39.7. The van der Waals surface area contributed by atoms with Crippen LogP contribution in [-0.2, 0) is 10.0 Å². The first-order valence-electron chi connectivity index (χ1n) is 5.28. The van der Waals surface area contributed by atoms with E-state index in [0.29, 0.717) is 5.56 Å². The lowest BCUT2D eigenvalue weighted by Crippen LogP contribution is -2.14. The molecule has 0 aliphatic heterocycles. The average molecular weight is 301 g/mol. The predicted molar refractivity (Wildman–Crippen MR) is 71.2 cm³/mol. The molecule has 0 bridgehead atoms. The summed E-state index contributed by atoms with van der Waals surface area (Å²) in [5, 5.41) is 0.0524. The van der Waals surface area contributed by atoms with Crippen molar-refractivity contribution in [2.24, 2.45) is 0 Å². The van der Waals surface area contributed by atoms with Crippen LogP contribution in [0.4, 0.5) is 10.1 Å². The minimum atomic E-state index is -3.89. The maximum atomic E-state index is 13.1. The molecular formula is C12H10ClFN2O2S. The van der Waals surface area contributed by atoms with Gasteiger partial charge in [0, 0.05) is 12.4 Å². The van der Waals surface area contributed by atoms with Gasteiger partial charge in [-0.1, -0.05) is 17.7 Å². The van der Waals surface area contributed by atoms with Crippen LogP contribution in [0.3, 0.4) is 0 Å². The molecule has 1 heterocycles. The quantitative estimate of drug-likeness (QED) is 0.948. The lowest BCUT2D eigenvalue weighted by molar-refractivity contribution is 0.600. The van der Waals surface area contributed by atoms with Crippen molar-refractivity contribution >= 4 is 27.3 Å². The Bertz CT molecular complexity index is 719. The Labute approximate surface area is 115 Å². The first-order valence-corrected chi connectivity index (χ1v) is 7.15. The predicted octanol–water partition coefficient (Wildman–Crippen LogP) is 2.98. The van der Waals surface area contributed by atoms with Gasteiger partial charge in [0.1, 0.15) is 10.7 Å². The number of halogens is 2. The largest absolute Gasteiger partial charge is 0.279 e. The molecule has 7 heteroatoms. The highest BCUT2D eigenvalue weighted by Crippen LogP contribution is 2.24. The summed E-state index contributed by atoms with van der Waals surface area (Å²) in [5.41, 5.74) is 0.768. The summed E-state index contributed by atoms with van der Waals surface area (Å²) in [6, 6.07) is 5.22. The molecule has 4 nitrogen and oxygen atoms in total. The van der Waals surface area contributed by atoms with E-state index in [9.17, 15) is 12.8 Å². The molecule has 1 N–H and O–H groups in total. The second kappa shape index (κ2) is 5.14. The fourth-order valence-electron chi connectivity index (χ4n) is 1.46. The molecule has 0 unspecified atom stereocenters. The number of aryl methyl sites for hydroxylation is 1. The molecule has 0 spiro atoms. The van der Waals surface area contributed by atoms with Gasteiger partial charge in [-0.15, -0.1) is 0 Å². The number of hydrogen-bond acceptors (Lipinski definition) is 3. The van der Waals surface area contributed by atoms with Crippen LogP contribution in [0.5, 0.6) is 0 Å². The average Bonchev–Trinajstić information content (AvgIpc) is 2.34. The van der Waals surface area contributed by atoms with E-state index >= 15 is 0 Å². The SMILES string of the molecule is Cc1ccc(F)cc1NS(=O)(=O)c1cnccc1Cl. The highest BCUT2D eigenvalue weighted by atomic mass is 35.5. The van der Waals surface area contributed by atoms with E-state index in [4.69, 9.17) is 11.6 Å². The first-order chi connectivity index (χ1) is 8.90. The van der Waals surface area contributed by atoms with Crippen molar-refractivity contribution < 1.29 is 12.8 Å². The first kappa shape index (κ1) is 13.8. The van der Waals surface area contributed by atoms with Crippen molar-refractivity contribution in [2.45, 2.75) is 11.8 Å². The number of nitrogens with zero attached hydrogens (tertiary/aromatic N) is 1. The van der Waals surface area contributed by atoms with Crippen LogP contribution >= 0.6 is 11.6 Å². The molecule has 2 aromatic rings. The number of pyridine rings is 1. The summed E-state index contributed by atoms with van der Waals surface area (Å²) >= 11 is 5.81. The van der Waals surface area contributed by atoms with Crippen molar-refractivity contribution in [1.29, 1.82) is 0 Å². The molecule has 0 aliphatic rings. The Balaban J connectivity index is 2.43. The van der Waals surface area contributed by atoms with Crippen molar-refractivity contribution in [1.82, 2.24) is 4.98 Å². The maximum Gasteiger partial charge on any atom is 0.264 e. The van der Waals surface area contributed by atoms with Gasteiger partial charge in [0.15, 0.2) is 0 Å². The zero-order valence-corrected chi connectivity index (χ0v) is 11.5. The van der Waals surface area contributed by atoms with Gasteiger partial charge in [0.05, 0.1) is 10.7 Å². The van der Waals surface area contributed by atoms with E-state index in [1.165, 1.54) is 24.4 Å². The van der Waals surface area contributed by atoms with Gasteiger partial charge in [0.25, 0.3) is 10.0 Å². The fraction of sp³-hybridized carbons (Fsp3) is 0.0833. The molecule has 19 heavy (non-hydrogen) atoms. The second-order valence-electron chi connectivity index (χ2n) is 3.87. The second-order valence-corrected chi connectivity index (χ2v) is 5.93. The van der Waals surface area contributed by atoms with Crippen LogP contribution < -0.4 is 4.72 Å². The molecule has 2 rings (SSSR count). The summed E-state index contributed by atoms with van der Waals surface area (Å²) in [5.74, 6) is -0.527. The van der Waals surface area contributed by atoms with Crippen LogP contribution in [0.2, 0.25) is 5.02 Å². The molecular weight excluding hydrogens is 291 g/mol. The minimum absolute atomic E-state index is 0.0524. The van der Waals surface area contributed by atoms with Crippen molar-refractivity contribution in [2.75, 3.05) is 4.72 Å². The van der Waals surface area contributed by atoms with Crippen molar-refractivity contribution in [3.05, 3.63) is 53.1 Å². The Kier molecular flexibility index (Phi) is 3.73. The molecule has 1 aromatic heterocycles. The summed E-state index contributed by atoms with van der Waals surface area (Å²) in [6.07, 6.45) is 2.52. The van der Waals surface area contributed by atoms with E-state index in [0.717, 1.165) is 12.3 Å². The van der Waals surface area contributed by atoms with Gasteiger partial charge in [-0.3, -0.25) is 9.71 Å². The number of rotatable bonds is 3. The Hall–Kier alpha value is -1.66. The van der Waals surface area contributed by atoms with E-state index in [1.54, 1.807) is 6.92 Å². The van der Waals surface area contributed by atoms with Crippen molar-refractivity contribution in [3.63, 3.8) is 0 Å². The number of aromatic nitrogens is 1. The molecule has 100 valence electrons. The van der Waals surface area contributed by atoms with Gasteiger partial charge in [-0.05, 0) is 30.7 Å². The Morgan fingerprint density at radius 3 is 2.74 bits per heavy atom. The molecule has 0 aliphatic carbocycles.